The van der Waals surface area contributed by atoms with Gasteiger partial charge < -0.3 is 10.1 Å². The molecule has 0 radical (unpaired) electrons. The number of nitrogens with one attached hydrogen (secondary N) is 1. The number of carbonyl (C=O) groups excluding carboxylic acids is 1. The summed E-state index contributed by atoms with van der Waals surface area (Å²) in [6, 6.07) is 10.1. The van der Waals surface area contributed by atoms with Gasteiger partial charge in [-0.3, -0.25) is 4.79 Å². The van der Waals surface area contributed by atoms with E-state index < -0.39 is 17.8 Å². The summed E-state index contributed by atoms with van der Waals surface area (Å²) in [5.74, 6) is 0.272. The predicted molar refractivity (Wildman–Crippen MR) is 91.2 cm³/mol. The molecule has 0 saturated carbocycles. The van der Waals surface area contributed by atoms with E-state index in [0.717, 1.165) is 17.0 Å². The first-order valence-corrected chi connectivity index (χ1v) is 8.43. The van der Waals surface area contributed by atoms with E-state index in [1.807, 2.05) is 0 Å². The highest BCUT2D eigenvalue weighted by Gasteiger charge is 2.30. The van der Waals surface area contributed by atoms with Crippen LogP contribution in [0.2, 0.25) is 5.02 Å². The summed E-state index contributed by atoms with van der Waals surface area (Å²) in [7, 11) is 1.52. The van der Waals surface area contributed by atoms with Crippen LogP contribution in [0.1, 0.15) is 12.5 Å². The van der Waals surface area contributed by atoms with Gasteiger partial charge in [-0.1, -0.05) is 23.4 Å². The topological polar surface area (TPSA) is 38.3 Å². The van der Waals surface area contributed by atoms with E-state index in [9.17, 15) is 18.0 Å². The largest absolute Gasteiger partial charge is 0.481 e. The Morgan fingerprint density at radius 2 is 1.84 bits per heavy atom. The van der Waals surface area contributed by atoms with Gasteiger partial charge in [-0.2, -0.15) is 13.2 Å². The molecule has 0 heterocycles. The molecule has 0 aliphatic rings. The van der Waals surface area contributed by atoms with Crippen molar-refractivity contribution < 1.29 is 22.7 Å². The van der Waals surface area contributed by atoms with Crippen molar-refractivity contribution in [3.63, 3.8) is 0 Å². The molecule has 134 valence electrons. The van der Waals surface area contributed by atoms with Crippen molar-refractivity contribution in [1.29, 1.82) is 0 Å². The highest BCUT2D eigenvalue weighted by molar-refractivity contribution is 7.99. The van der Waals surface area contributed by atoms with E-state index in [4.69, 9.17) is 16.3 Å². The number of hydrogen-bond donors (Lipinski definition) is 1. The van der Waals surface area contributed by atoms with Crippen molar-refractivity contribution in [3.8, 4) is 5.75 Å². The second kappa shape index (κ2) is 8.01. The van der Waals surface area contributed by atoms with Crippen molar-refractivity contribution >= 4 is 29.3 Å². The lowest BCUT2D eigenvalue weighted by Gasteiger charge is -2.13. The maximum absolute atomic E-state index is 12.6. The Hall–Kier alpha value is -1.86. The monoisotopic (exact) mass is 389 g/mol. The number of halogens is 4. The fourth-order valence-corrected chi connectivity index (χ4v) is 3.05. The third kappa shape index (κ3) is 5.31. The van der Waals surface area contributed by atoms with Crippen LogP contribution < -0.4 is 10.1 Å². The van der Waals surface area contributed by atoms with Gasteiger partial charge in [0, 0.05) is 16.8 Å². The number of ether oxygens (including phenoxy) is 1. The molecule has 8 heteroatoms. The molecule has 2 aromatic carbocycles. The minimum absolute atomic E-state index is 0.0355. The van der Waals surface area contributed by atoms with Crippen LogP contribution >= 0.6 is 23.4 Å². The van der Waals surface area contributed by atoms with Crippen molar-refractivity contribution in [1.82, 2.24) is 5.32 Å². The maximum Gasteiger partial charge on any atom is 0.416 e. The zero-order valence-corrected chi connectivity index (χ0v) is 14.9. The third-order valence-electron chi connectivity index (χ3n) is 3.24. The second-order valence-corrected chi connectivity index (χ2v) is 6.61. The molecule has 0 aromatic heterocycles. The number of likely N-dealkylation sites (N-methyl/N-ethyl adjacent to an activating group) is 1. The SMILES string of the molecule is CNC(=O)C(C)Oc1ccc(Sc2ccc(C(F)(F)F)cc2Cl)cc1. The van der Waals surface area contributed by atoms with Crippen LogP contribution in [0, 0.1) is 0 Å². The summed E-state index contributed by atoms with van der Waals surface area (Å²) in [4.78, 5) is 12.7. The molecule has 1 atom stereocenters. The first-order chi connectivity index (χ1) is 11.7. The molecule has 1 amide bonds. The molecule has 1 N–H and O–H groups in total. The smallest absolute Gasteiger partial charge is 0.416 e. The normalized spacial score (nSPS) is 12.6. The van der Waals surface area contributed by atoms with Gasteiger partial charge in [0.05, 0.1) is 10.6 Å². The molecule has 25 heavy (non-hydrogen) atoms. The zero-order valence-electron chi connectivity index (χ0n) is 13.4. The Kier molecular flexibility index (Phi) is 6.24. The Labute approximate surface area is 152 Å². The van der Waals surface area contributed by atoms with Gasteiger partial charge in [0.15, 0.2) is 6.10 Å². The maximum atomic E-state index is 12.6. The lowest BCUT2D eigenvalue weighted by Crippen LogP contribution is -2.33. The van der Waals surface area contributed by atoms with E-state index in [0.29, 0.717) is 10.6 Å². The van der Waals surface area contributed by atoms with Crippen LogP contribution in [0.25, 0.3) is 0 Å². The van der Waals surface area contributed by atoms with E-state index >= 15 is 0 Å². The van der Waals surface area contributed by atoms with Crippen LogP contribution in [0.4, 0.5) is 13.2 Å². The van der Waals surface area contributed by atoms with Crippen LogP contribution in [0.15, 0.2) is 52.3 Å². The van der Waals surface area contributed by atoms with Crippen LogP contribution in [-0.4, -0.2) is 19.1 Å². The van der Waals surface area contributed by atoms with Gasteiger partial charge in [-0.25, -0.2) is 0 Å². The summed E-state index contributed by atoms with van der Waals surface area (Å²) >= 11 is 7.18. The Morgan fingerprint density at radius 3 is 2.36 bits per heavy atom. The van der Waals surface area contributed by atoms with E-state index in [-0.39, 0.29) is 10.9 Å². The van der Waals surface area contributed by atoms with Crippen molar-refractivity contribution in [2.45, 2.75) is 29.0 Å². The van der Waals surface area contributed by atoms with E-state index in [2.05, 4.69) is 5.32 Å². The minimum atomic E-state index is -4.42. The molecule has 2 rings (SSSR count). The molecule has 1 unspecified atom stereocenters. The van der Waals surface area contributed by atoms with Crippen molar-refractivity contribution in [2.24, 2.45) is 0 Å². The number of benzene rings is 2. The summed E-state index contributed by atoms with van der Waals surface area (Å²) in [6.07, 6.45) is -5.05. The van der Waals surface area contributed by atoms with Crippen molar-refractivity contribution in [3.05, 3.63) is 53.1 Å². The Bertz CT molecular complexity index is 751. The molecule has 0 saturated heterocycles. The number of alkyl halides is 3. The number of rotatable bonds is 5. The molecular weight excluding hydrogens is 375 g/mol. The molecule has 0 fully saturated rings. The van der Waals surface area contributed by atoms with Gasteiger partial charge in [0.25, 0.3) is 5.91 Å². The summed E-state index contributed by atoms with van der Waals surface area (Å²) in [6.45, 7) is 1.63. The van der Waals surface area contributed by atoms with Crippen molar-refractivity contribution in [2.75, 3.05) is 7.05 Å². The summed E-state index contributed by atoms with van der Waals surface area (Å²) in [5.41, 5.74) is -0.784. The number of hydrogen-bond acceptors (Lipinski definition) is 3. The summed E-state index contributed by atoms with van der Waals surface area (Å²) < 4.78 is 43.4. The van der Waals surface area contributed by atoms with Gasteiger partial charge in [0.1, 0.15) is 5.75 Å². The van der Waals surface area contributed by atoms with Crippen LogP contribution in [0.5, 0.6) is 5.75 Å². The average Bonchev–Trinajstić information content (AvgIpc) is 2.56. The van der Waals surface area contributed by atoms with Crippen LogP contribution in [-0.2, 0) is 11.0 Å². The van der Waals surface area contributed by atoms with Crippen LogP contribution in [0.3, 0.4) is 0 Å². The lowest BCUT2D eigenvalue weighted by atomic mass is 10.2. The lowest BCUT2D eigenvalue weighted by molar-refractivity contribution is -0.137. The zero-order chi connectivity index (χ0) is 18.6. The molecule has 2 aromatic rings. The molecule has 0 spiro atoms. The quantitative estimate of drug-likeness (QED) is 0.780. The Balaban J connectivity index is 2.08. The highest BCUT2D eigenvalue weighted by atomic mass is 35.5. The molecule has 3 nitrogen and oxygen atoms in total. The predicted octanol–water partition coefficient (Wildman–Crippen LogP) is 5.02. The Morgan fingerprint density at radius 1 is 1.20 bits per heavy atom. The number of carbonyl (C=O) groups is 1. The highest BCUT2D eigenvalue weighted by Crippen LogP contribution is 2.38. The third-order valence-corrected chi connectivity index (χ3v) is 4.75. The van der Waals surface area contributed by atoms with Gasteiger partial charge in [-0.05, 0) is 49.4 Å². The molecule has 0 aliphatic carbocycles. The molecule has 0 aliphatic heterocycles. The van der Waals surface area contributed by atoms with Gasteiger partial charge in [-0.15, -0.1) is 0 Å². The fourth-order valence-electron chi connectivity index (χ4n) is 1.93. The minimum Gasteiger partial charge on any atom is -0.481 e. The summed E-state index contributed by atoms with van der Waals surface area (Å²) in [5, 5.41) is 2.52. The average molecular weight is 390 g/mol. The second-order valence-electron chi connectivity index (χ2n) is 5.09. The fraction of sp³-hybridized carbons (Fsp3) is 0.235. The van der Waals surface area contributed by atoms with Gasteiger partial charge >= 0.3 is 6.18 Å². The molecular formula is C17H15ClF3NO2S. The first kappa shape index (κ1) is 19.5. The molecule has 0 bridgehead atoms. The standard InChI is InChI=1S/C17H15ClF3NO2S/c1-10(16(23)22-2)24-12-4-6-13(7-5-12)25-15-8-3-11(9-14(15)18)17(19,20)21/h3-10H,1-2H3,(H,22,23). The van der Waals surface area contributed by atoms with Gasteiger partial charge in [0.2, 0.25) is 0 Å². The van der Waals surface area contributed by atoms with E-state index in [1.165, 1.54) is 24.9 Å². The first-order valence-electron chi connectivity index (χ1n) is 7.23. The number of amides is 1. The van der Waals surface area contributed by atoms with E-state index in [1.54, 1.807) is 31.2 Å².